The first kappa shape index (κ1) is 12.3. The van der Waals surface area contributed by atoms with Crippen molar-refractivity contribution in [2.75, 3.05) is 11.1 Å². The molecule has 0 bridgehead atoms. The van der Waals surface area contributed by atoms with Gasteiger partial charge >= 0.3 is 0 Å². The maximum atomic E-state index is 5.86. The average molecular weight is 312 g/mol. The van der Waals surface area contributed by atoms with Crippen LogP contribution in [0.5, 0.6) is 0 Å². The van der Waals surface area contributed by atoms with Crippen LogP contribution in [0.25, 0.3) is 0 Å². The predicted octanol–water partition coefficient (Wildman–Crippen LogP) is 4.30. The van der Waals surface area contributed by atoms with E-state index in [1.807, 2.05) is 24.3 Å². The van der Waals surface area contributed by atoms with Crippen LogP contribution in [0.4, 0.5) is 11.4 Å². The summed E-state index contributed by atoms with van der Waals surface area (Å²) in [6.07, 6.45) is 0. The molecule has 0 aliphatic carbocycles. The molecular formula is C13H12BrClN2. The van der Waals surface area contributed by atoms with Crippen LogP contribution in [-0.2, 0) is 6.54 Å². The van der Waals surface area contributed by atoms with Crippen LogP contribution in [0, 0.1) is 0 Å². The van der Waals surface area contributed by atoms with Crippen molar-refractivity contribution >= 4 is 38.9 Å². The van der Waals surface area contributed by atoms with Crippen molar-refractivity contribution in [1.29, 1.82) is 0 Å². The minimum absolute atomic E-state index is 0.650. The lowest BCUT2D eigenvalue weighted by molar-refractivity contribution is 1.15. The van der Waals surface area contributed by atoms with Gasteiger partial charge in [-0.05, 0) is 35.9 Å². The molecule has 0 heterocycles. The quantitative estimate of drug-likeness (QED) is 0.830. The van der Waals surface area contributed by atoms with E-state index in [1.165, 1.54) is 5.56 Å². The Morgan fingerprint density at radius 2 is 1.82 bits per heavy atom. The van der Waals surface area contributed by atoms with Crippen molar-refractivity contribution in [2.45, 2.75) is 6.54 Å². The lowest BCUT2D eigenvalue weighted by Gasteiger charge is -2.09. The van der Waals surface area contributed by atoms with E-state index in [1.54, 1.807) is 6.07 Å². The number of nitrogens with one attached hydrogen (secondary N) is 1. The Hall–Kier alpha value is -1.19. The molecule has 0 aromatic heterocycles. The fourth-order valence-electron chi connectivity index (χ4n) is 1.49. The zero-order valence-electron chi connectivity index (χ0n) is 9.08. The van der Waals surface area contributed by atoms with Crippen LogP contribution in [0.3, 0.4) is 0 Å². The molecule has 0 unspecified atom stereocenters. The number of benzene rings is 2. The third kappa shape index (κ3) is 3.38. The smallest absolute Gasteiger partial charge is 0.0577 e. The molecule has 0 atom stereocenters. The van der Waals surface area contributed by atoms with Gasteiger partial charge in [0.1, 0.15) is 0 Å². The first-order valence-electron chi connectivity index (χ1n) is 5.18. The third-order valence-corrected chi connectivity index (χ3v) is 3.17. The van der Waals surface area contributed by atoms with Crippen LogP contribution in [0.2, 0.25) is 5.02 Å². The highest BCUT2D eigenvalue weighted by atomic mass is 79.9. The summed E-state index contributed by atoms with van der Waals surface area (Å²) in [6, 6.07) is 13.6. The van der Waals surface area contributed by atoms with Gasteiger partial charge in [0.05, 0.1) is 11.4 Å². The maximum absolute atomic E-state index is 5.86. The van der Waals surface area contributed by atoms with Gasteiger partial charge in [-0.1, -0.05) is 39.7 Å². The molecule has 0 aliphatic rings. The van der Waals surface area contributed by atoms with Crippen molar-refractivity contribution in [1.82, 2.24) is 0 Å². The van der Waals surface area contributed by atoms with Crippen LogP contribution < -0.4 is 11.1 Å². The summed E-state index contributed by atoms with van der Waals surface area (Å²) in [5.74, 6) is 0. The Balaban J connectivity index is 2.04. The minimum atomic E-state index is 0.650. The van der Waals surface area contributed by atoms with E-state index >= 15 is 0 Å². The maximum Gasteiger partial charge on any atom is 0.0577 e. The van der Waals surface area contributed by atoms with E-state index < -0.39 is 0 Å². The molecule has 0 aliphatic heterocycles. The van der Waals surface area contributed by atoms with E-state index in [-0.39, 0.29) is 0 Å². The zero-order valence-corrected chi connectivity index (χ0v) is 11.4. The van der Waals surface area contributed by atoms with E-state index in [9.17, 15) is 0 Å². The summed E-state index contributed by atoms with van der Waals surface area (Å²) < 4.78 is 1.08. The van der Waals surface area contributed by atoms with E-state index in [4.69, 9.17) is 17.3 Å². The molecule has 4 heteroatoms. The monoisotopic (exact) mass is 310 g/mol. The fourth-order valence-corrected chi connectivity index (χ4v) is 1.94. The number of hydrogen-bond donors (Lipinski definition) is 2. The number of rotatable bonds is 3. The molecule has 2 aromatic rings. The third-order valence-electron chi connectivity index (χ3n) is 2.41. The molecule has 0 saturated carbocycles. The lowest BCUT2D eigenvalue weighted by atomic mass is 10.2. The van der Waals surface area contributed by atoms with Crippen LogP contribution in [0.15, 0.2) is 46.9 Å². The SMILES string of the molecule is Nc1cc(Cl)ccc1NCc1ccc(Br)cc1. The van der Waals surface area contributed by atoms with Crippen LogP contribution in [0.1, 0.15) is 5.56 Å². The summed E-state index contributed by atoms with van der Waals surface area (Å²) >= 11 is 9.24. The van der Waals surface area contributed by atoms with Crippen molar-refractivity contribution in [3.8, 4) is 0 Å². The minimum Gasteiger partial charge on any atom is -0.397 e. The molecule has 0 radical (unpaired) electrons. The molecule has 0 saturated heterocycles. The number of nitrogen functional groups attached to an aromatic ring is 1. The van der Waals surface area contributed by atoms with Crippen LogP contribution >= 0.6 is 27.5 Å². The van der Waals surface area contributed by atoms with Gasteiger partial charge in [-0.15, -0.1) is 0 Å². The topological polar surface area (TPSA) is 38.0 Å². The van der Waals surface area contributed by atoms with Crippen molar-refractivity contribution in [3.05, 3.63) is 57.5 Å². The van der Waals surface area contributed by atoms with Crippen LogP contribution in [-0.4, -0.2) is 0 Å². The van der Waals surface area contributed by atoms with Gasteiger partial charge in [-0.2, -0.15) is 0 Å². The standard InChI is InChI=1S/C13H12BrClN2/c14-10-3-1-9(2-4-10)8-17-13-6-5-11(15)7-12(13)16/h1-7,17H,8,16H2. The van der Waals surface area contributed by atoms with Gasteiger partial charge in [0.15, 0.2) is 0 Å². The highest BCUT2D eigenvalue weighted by Gasteiger charge is 1.99. The molecule has 0 spiro atoms. The molecule has 2 nitrogen and oxygen atoms in total. The van der Waals surface area contributed by atoms with Gasteiger partial charge in [-0.3, -0.25) is 0 Å². The Morgan fingerprint density at radius 3 is 2.47 bits per heavy atom. The molecule has 2 aromatic carbocycles. The highest BCUT2D eigenvalue weighted by molar-refractivity contribution is 9.10. The average Bonchev–Trinajstić information content (AvgIpc) is 2.30. The summed E-state index contributed by atoms with van der Waals surface area (Å²) in [4.78, 5) is 0. The van der Waals surface area contributed by atoms with Crippen molar-refractivity contribution in [2.24, 2.45) is 0 Å². The normalized spacial score (nSPS) is 10.2. The van der Waals surface area contributed by atoms with Gasteiger partial charge in [0, 0.05) is 16.0 Å². The molecule has 3 N–H and O–H groups in total. The van der Waals surface area contributed by atoms with E-state index in [0.29, 0.717) is 10.7 Å². The number of anilines is 2. The number of nitrogens with two attached hydrogens (primary N) is 1. The Labute approximate surface area is 114 Å². The molecule has 0 fully saturated rings. The van der Waals surface area contributed by atoms with Gasteiger partial charge in [0.25, 0.3) is 0 Å². The van der Waals surface area contributed by atoms with Crippen molar-refractivity contribution < 1.29 is 0 Å². The predicted molar refractivity (Wildman–Crippen MR) is 77.3 cm³/mol. The lowest BCUT2D eigenvalue weighted by Crippen LogP contribution is -2.02. The summed E-state index contributed by atoms with van der Waals surface area (Å²) in [5.41, 5.74) is 8.61. The molecule has 88 valence electrons. The summed E-state index contributed by atoms with van der Waals surface area (Å²) in [6.45, 7) is 0.735. The molecule has 2 rings (SSSR count). The van der Waals surface area contributed by atoms with Gasteiger partial charge in [-0.25, -0.2) is 0 Å². The summed E-state index contributed by atoms with van der Waals surface area (Å²) in [5, 5.41) is 3.93. The Kier molecular flexibility index (Phi) is 3.92. The molecule has 0 amide bonds. The number of halogens is 2. The molecular weight excluding hydrogens is 300 g/mol. The first-order valence-corrected chi connectivity index (χ1v) is 6.35. The first-order chi connectivity index (χ1) is 8.15. The second kappa shape index (κ2) is 5.43. The second-order valence-corrected chi connectivity index (χ2v) is 5.06. The Morgan fingerprint density at radius 1 is 1.12 bits per heavy atom. The summed E-state index contributed by atoms with van der Waals surface area (Å²) in [7, 11) is 0. The molecule has 17 heavy (non-hydrogen) atoms. The fraction of sp³-hybridized carbons (Fsp3) is 0.0769. The van der Waals surface area contributed by atoms with Gasteiger partial charge in [0.2, 0.25) is 0 Å². The highest BCUT2D eigenvalue weighted by Crippen LogP contribution is 2.23. The van der Waals surface area contributed by atoms with E-state index in [0.717, 1.165) is 16.7 Å². The largest absolute Gasteiger partial charge is 0.397 e. The zero-order chi connectivity index (χ0) is 12.3. The van der Waals surface area contributed by atoms with Crippen molar-refractivity contribution in [3.63, 3.8) is 0 Å². The number of hydrogen-bond acceptors (Lipinski definition) is 2. The Bertz CT molecular complexity index is 511. The van der Waals surface area contributed by atoms with E-state index in [2.05, 4.69) is 33.4 Å². The second-order valence-electron chi connectivity index (χ2n) is 3.71. The van der Waals surface area contributed by atoms with Gasteiger partial charge < -0.3 is 11.1 Å².